The Balaban J connectivity index is 2.57. The lowest BCUT2D eigenvalue weighted by atomic mass is 9.97. The quantitative estimate of drug-likeness (QED) is 0.714. The first-order valence-electron chi connectivity index (χ1n) is 8.92. The van der Waals surface area contributed by atoms with Crippen LogP contribution in [0, 0.1) is 5.92 Å². The van der Waals surface area contributed by atoms with Crippen LogP contribution in [0.2, 0.25) is 0 Å². The average Bonchev–Trinajstić information content (AvgIpc) is 2.62. The van der Waals surface area contributed by atoms with Crippen LogP contribution in [-0.4, -0.2) is 53.9 Å². The fraction of sp³-hybridized carbons (Fsp3) is 0.450. The number of amides is 2. The molecule has 1 atom stereocenters. The van der Waals surface area contributed by atoms with Gasteiger partial charge in [0.1, 0.15) is 18.3 Å². The molecule has 0 saturated heterocycles. The van der Waals surface area contributed by atoms with Crippen LogP contribution in [0.4, 0.5) is 0 Å². The van der Waals surface area contributed by atoms with Crippen molar-refractivity contribution in [3.63, 3.8) is 0 Å². The van der Waals surface area contributed by atoms with E-state index in [-0.39, 0.29) is 30.9 Å². The van der Waals surface area contributed by atoms with Crippen molar-refractivity contribution in [3.05, 3.63) is 36.0 Å². The van der Waals surface area contributed by atoms with Gasteiger partial charge in [-0.05, 0) is 25.0 Å². The second-order valence-electron chi connectivity index (χ2n) is 6.59. The number of hydrogen-bond donors (Lipinski definition) is 0. The number of esters is 1. The normalized spacial score (nSPS) is 17.0. The average molecular weight is 374 g/mol. The summed E-state index contributed by atoms with van der Waals surface area (Å²) in [6.07, 6.45) is 1.63. The third kappa shape index (κ3) is 4.48. The number of carbonyl (C=O) groups excluding carboxylic acids is 3. The van der Waals surface area contributed by atoms with E-state index in [2.05, 4.69) is 0 Å². The summed E-state index contributed by atoms with van der Waals surface area (Å²) in [7, 11) is 1.55. The fourth-order valence-electron chi connectivity index (χ4n) is 3.08. The summed E-state index contributed by atoms with van der Waals surface area (Å²) in [4.78, 5) is 40.3. The lowest BCUT2D eigenvalue weighted by molar-refractivity contribution is -0.150. The van der Waals surface area contributed by atoms with Gasteiger partial charge in [-0.25, -0.2) is 0 Å². The predicted octanol–water partition coefficient (Wildman–Crippen LogP) is 2.27. The zero-order chi connectivity index (χ0) is 20.1. The second-order valence-corrected chi connectivity index (χ2v) is 6.59. The van der Waals surface area contributed by atoms with Gasteiger partial charge in [0.05, 0.1) is 19.4 Å². The minimum Gasteiger partial charge on any atom is -0.497 e. The minimum atomic E-state index is -0.675. The van der Waals surface area contributed by atoms with Gasteiger partial charge in [-0.2, -0.15) is 0 Å². The minimum absolute atomic E-state index is 0.116. The molecule has 0 spiro atoms. The van der Waals surface area contributed by atoms with Crippen LogP contribution in [0.25, 0.3) is 5.70 Å². The summed E-state index contributed by atoms with van der Waals surface area (Å²) in [5.74, 6) is -0.559. The Morgan fingerprint density at radius 1 is 1.26 bits per heavy atom. The molecule has 0 saturated carbocycles. The van der Waals surface area contributed by atoms with Gasteiger partial charge < -0.3 is 14.4 Å². The molecule has 146 valence electrons. The monoisotopic (exact) mass is 374 g/mol. The molecule has 0 radical (unpaired) electrons. The maximum absolute atomic E-state index is 13.2. The Bertz CT molecular complexity index is 756. The van der Waals surface area contributed by atoms with Gasteiger partial charge in [0.25, 0.3) is 5.91 Å². The predicted molar refractivity (Wildman–Crippen MR) is 100 cm³/mol. The van der Waals surface area contributed by atoms with Crippen molar-refractivity contribution in [2.45, 2.75) is 33.7 Å². The van der Waals surface area contributed by atoms with Crippen molar-refractivity contribution in [1.29, 1.82) is 0 Å². The van der Waals surface area contributed by atoms with Crippen molar-refractivity contribution < 1.29 is 23.9 Å². The molecule has 0 N–H and O–H groups in total. The fourth-order valence-corrected chi connectivity index (χ4v) is 3.08. The van der Waals surface area contributed by atoms with Crippen molar-refractivity contribution >= 4 is 23.5 Å². The van der Waals surface area contributed by atoms with E-state index in [0.29, 0.717) is 17.0 Å². The van der Waals surface area contributed by atoms with Gasteiger partial charge in [-0.15, -0.1) is 0 Å². The number of ether oxygens (including phenoxy) is 2. The topological polar surface area (TPSA) is 76.2 Å². The molecule has 1 heterocycles. The first kappa shape index (κ1) is 20.5. The van der Waals surface area contributed by atoms with Crippen molar-refractivity contribution in [2.24, 2.45) is 5.92 Å². The largest absolute Gasteiger partial charge is 0.497 e. The molecular formula is C20H26N2O5. The zero-order valence-electron chi connectivity index (χ0n) is 16.4. The van der Waals surface area contributed by atoms with Crippen molar-refractivity contribution in [2.75, 3.05) is 20.3 Å². The summed E-state index contributed by atoms with van der Waals surface area (Å²) in [6, 6.07) is 6.45. The Labute approximate surface area is 159 Å². The van der Waals surface area contributed by atoms with Crippen LogP contribution in [0.1, 0.15) is 33.3 Å². The van der Waals surface area contributed by atoms with Gasteiger partial charge in [0.15, 0.2) is 0 Å². The Morgan fingerprint density at radius 2 is 1.96 bits per heavy atom. The maximum Gasteiger partial charge on any atom is 0.326 e. The van der Waals surface area contributed by atoms with Crippen molar-refractivity contribution in [3.8, 4) is 5.75 Å². The molecule has 0 fully saturated rings. The smallest absolute Gasteiger partial charge is 0.326 e. The highest BCUT2D eigenvalue weighted by Gasteiger charge is 2.40. The molecule has 0 aromatic heterocycles. The van der Waals surface area contributed by atoms with Gasteiger partial charge in [-0.3, -0.25) is 19.3 Å². The van der Waals surface area contributed by atoms with E-state index in [1.165, 1.54) is 16.7 Å². The van der Waals surface area contributed by atoms with Crippen LogP contribution in [0.15, 0.2) is 30.5 Å². The van der Waals surface area contributed by atoms with Crippen LogP contribution in [0.3, 0.4) is 0 Å². The van der Waals surface area contributed by atoms with Gasteiger partial charge in [0, 0.05) is 18.7 Å². The molecule has 1 aliphatic rings. The third-order valence-corrected chi connectivity index (χ3v) is 4.32. The maximum atomic E-state index is 13.2. The third-order valence-electron chi connectivity index (χ3n) is 4.32. The molecular weight excluding hydrogens is 348 g/mol. The molecule has 7 nitrogen and oxygen atoms in total. The lowest BCUT2D eigenvalue weighted by Crippen LogP contribution is -2.55. The van der Waals surface area contributed by atoms with E-state index in [1.54, 1.807) is 44.5 Å². The molecule has 2 rings (SSSR count). The van der Waals surface area contributed by atoms with Crippen LogP contribution in [0.5, 0.6) is 5.75 Å². The van der Waals surface area contributed by atoms with E-state index in [1.807, 2.05) is 13.8 Å². The summed E-state index contributed by atoms with van der Waals surface area (Å²) in [5.41, 5.74) is 1.12. The molecule has 27 heavy (non-hydrogen) atoms. The van der Waals surface area contributed by atoms with E-state index >= 15 is 0 Å². The number of hydrogen-bond acceptors (Lipinski definition) is 5. The summed E-state index contributed by atoms with van der Waals surface area (Å²) >= 11 is 0. The van der Waals surface area contributed by atoms with Crippen molar-refractivity contribution in [1.82, 2.24) is 9.80 Å². The van der Waals surface area contributed by atoms with E-state index < -0.39 is 12.0 Å². The molecule has 7 heteroatoms. The zero-order valence-corrected chi connectivity index (χ0v) is 16.4. The highest BCUT2D eigenvalue weighted by Crippen LogP contribution is 2.31. The number of benzene rings is 1. The van der Waals surface area contributed by atoms with E-state index in [9.17, 15) is 14.4 Å². The molecule has 1 aliphatic heterocycles. The van der Waals surface area contributed by atoms with Gasteiger partial charge in [0.2, 0.25) is 5.91 Å². The Morgan fingerprint density at radius 3 is 2.52 bits per heavy atom. The molecule has 0 aliphatic carbocycles. The highest BCUT2D eigenvalue weighted by molar-refractivity contribution is 5.99. The number of carbonyl (C=O) groups is 3. The second kappa shape index (κ2) is 8.70. The van der Waals surface area contributed by atoms with Crippen LogP contribution in [-0.2, 0) is 19.1 Å². The molecule has 0 bridgehead atoms. The molecule has 0 unspecified atom stereocenters. The number of methoxy groups -OCH3 is 1. The standard InChI is InChI=1S/C20H26N2O5/c1-6-27-18(24)12-22-17(15-8-7-9-16(10-15)26-5)11-21(14(4)23)19(13(2)3)20(22)25/h7-11,13,19H,6,12H2,1-5H3/t19-/m1/s1. The lowest BCUT2D eigenvalue weighted by Gasteiger charge is -2.40. The van der Waals surface area contributed by atoms with Gasteiger partial charge >= 0.3 is 5.97 Å². The van der Waals surface area contributed by atoms with Gasteiger partial charge in [-0.1, -0.05) is 26.0 Å². The first-order chi connectivity index (χ1) is 12.8. The SMILES string of the molecule is CCOC(=O)CN1C(=O)[C@@H](C(C)C)N(C(C)=O)C=C1c1cccc(OC)c1. The highest BCUT2D eigenvalue weighted by atomic mass is 16.5. The van der Waals surface area contributed by atoms with E-state index in [0.717, 1.165) is 0 Å². The number of nitrogens with zero attached hydrogens (tertiary/aromatic N) is 2. The summed E-state index contributed by atoms with van der Waals surface area (Å²) in [6.45, 7) is 6.88. The Kier molecular flexibility index (Phi) is 6.60. The number of rotatable bonds is 6. The van der Waals surface area contributed by atoms with Crippen LogP contribution < -0.4 is 4.74 Å². The van der Waals surface area contributed by atoms with Crippen LogP contribution >= 0.6 is 0 Å². The summed E-state index contributed by atoms with van der Waals surface area (Å²) in [5, 5.41) is 0. The Hall–Kier alpha value is -2.83. The molecule has 1 aromatic rings. The van der Waals surface area contributed by atoms with E-state index in [4.69, 9.17) is 9.47 Å². The first-order valence-corrected chi connectivity index (χ1v) is 8.92. The molecule has 1 aromatic carbocycles. The summed E-state index contributed by atoms with van der Waals surface area (Å²) < 4.78 is 10.3. The molecule has 2 amide bonds.